The number of carbonyl (C=O) groups is 3. The molecule has 0 bridgehead atoms. The van der Waals surface area contributed by atoms with E-state index in [0.29, 0.717) is 51.5 Å². The Hall–Kier alpha value is -1.34. The van der Waals surface area contributed by atoms with Crippen LogP contribution in [0.1, 0.15) is 58.8 Å². The molecular weight excluding hydrogens is 380 g/mol. The molecule has 2 N–H and O–H groups in total. The Balaban J connectivity index is 0.00000392. The first-order chi connectivity index (χ1) is 13.0. The average Bonchev–Trinajstić information content (AvgIpc) is 3.18. The maximum atomic E-state index is 12.3. The highest BCUT2D eigenvalue weighted by atomic mass is 35.5. The molecule has 8 heteroatoms. The van der Waals surface area contributed by atoms with Gasteiger partial charge in [-0.1, -0.05) is 20.3 Å². The predicted molar refractivity (Wildman–Crippen MR) is 112 cm³/mol. The second-order valence-electron chi connectivity index (χ2n) is 8.11. The normalized spacial score (nSPS) is 19.5. The summed E-state index contributed by atoms with van der Waals surface area (Å²) in [5.74, 6) is 0.863. The molecule has 2 aliphatic heterocycles. The van der Waals surface area contributed by atoms with Gasteiger partial charge in [0.1, 0.15) is 0 Å². The summed E-state index contributed by atoms with van der Waals surface area (Å²) in [5.41, 5.74) is 0. The Morgan fingerprint density at radius 3 is 2.21 bits per heavy atom. The number of hydrogen-bond donors (Lipinski definition) is 2. The number of amides is 3. The zero-order valence-corrected chi connectivity index (χ0v) is 18.2. The van der Waals surface area contributed by atoms with Gasteiger partial charge in [-0.2, -0.15) is 0 Å². The van der Waals surface area contributed by atoms with Gasteiger partial charge >= 0.3 is 0 Å². The number of nitrogens with one attached hydrogen (secondary N) is 2. The van der Waals surface area contributed by atoms with E-state index in [1.54, 1.807) is 0 Å². The van der Waals surface area contributed by atoms with E-state index in [9.17, 15) is 14.4 Å². The molecule has 0 aromatic heterocycles. The first-order valence-corrected chi connectivity index (χ1v) is 10.5. The van der Waals surface area contributed by atoms with Crippen molar-refractivity contribution in [3.05, 3.63) is 0 Å². The standard InChI is InChI=1S/C20H36N4O3.ClH/c1-16(2)15-19(26)24-13-11-23(12-14-24)18(25)8-4-3-5-9-22-20(27)17-7-6-10-21-17;/h16-17,21H,3-15H2,1-2H3,(H,22,27);1H. The monoisotopic (exact) mass is 416 g/mol. The molecule has 0 radical (unpaired) electrons. The van der Waals surface area contributed by atoms with E-state index in [4.69, 9.17) is 0 Å². The van der Waals surface area contributed by atoms with E-state index in [2.05, 4.69) is 24.5 Å². The molecule has 1 unspecified atom stereocenters. The maximum Gasteiger partial charge on any atom is 0.237 e. The minimum Gasteiger partial charge on any atom is -0.355 e. The lowest BCUT2D eigenvalue weighted by molar-refractivity contribution is -0.140. The van der Waals surface area contributed by atoms with Gasteiger partial charge in [-0.05, 0) is 38.1 Å². The number of rotatable bonds is 9. The van der Waals surface area contributed by atoms with E-state index in [-0.39, 0.29) is 36.2 Å². The predicted octanol–water partition coefficient (Wildman–Crippen LogP) is 1.55. The smallest absolute Gasteiger partial charge is 0.237 e. The van der Waals surface area contributed by atoms with Crippen LogP contribution >= 0.6 is 12.4 Å². The van der Waals surface area contributed by atoms with Gasteiger partial charge < -0.3 is 20.4 Å². The Morgan fingerprint density at radius 2 is 1.64 bits per heavy atom. The van der Waals surface area contributed by atoms with Gasteiger partial charge in [0.25, 0.3) is 0 Å². The number of unbranched alkanes of at least 4 members (excludes halogenated alkanes) is 2. The zero-order chi connectivity index (χ0) is 19.6. The van der Waals surface area contributed by atoms with Crippen molar-refractivity contribution in [3.8, 4) is 0 Å². The summed E-state index contributed by atoms with van der Waals surface area (Å²) in [6, 6.07) is -0.0161. The number of halogens is 1. The van der Waals surface area contributed by atoms with Crippen LogP contribution in [0.3, 0.4) is 0 Å². The van der Waals surface area contributed by atoms with Crippen molar-refractivity contribution < 1.29 is 14.4 Å². The largest absolute Gasteiger partial charge is 0.355 e. The van der Waals surface area contributed by atoms with Crippen LogP contribution in [0, 0.1) is 5.92 Å². The molecule has 28 heavy (non-hydrogen) atoms. The van der Waals surface area contributed by atoms with Crippen molar-refractivity contribution in [2.75, 3.05) is 39.3 Å². The molecule has 2 heterocycles. The quantitative estimate of drug-likeness (QED) is 0.559. The lowest BCUT2D eigenvalue weighted by Gasteiger charge is -2.35. The minimum absolute atomic E-state index is 0. The summed E-state index contributed by atoms with van der Waals surface area (Å²) in [5, 5.41) is 6.16. The highest BCUT2D eigenvalue weighted by Gasteiger charge is 2.24. The molecule has 2 saturated heterocycles. The fraction of sp³-hybridized carbons (Fsp3) is 0.850. The molecule has 0 aromatic rings. The summed E-state index contributed by atoms with van der Waals surface area (Å²) < 4.78 is 0. The van der Waals surface area contributed by atoms with E-state index < -0.39 is 0 Å². The van der Waals surface area contributed by atoms with Crippen LogP contribution in [0.15, 0.2) is 0 Å². The summed E-state index contributed by atoms with van der Waals surface area (Å²) in [7, 11) is 0. The third-order valence-electron chi connectivity index (χ3n) is 5.31. The first-order valence-electron chi connectivity index (χ1n) is 10.5. The molecule has 162 valence electrons. The number of hydrogen-bond acceptors (Lipinski definition) is 4. The average molecular weight is 417 g/mol. The van der Waals surface area contributed by atoms with Crippen molar-refractivity contribution in [2.24, 2.45) is 5.92 Å². The maximum absolute atomic E-state index is 12.3. The summed E-state index contributed by atoms with van der Waals surface area (Å²) in [4.78, 5) is 40.0. The molecule has 2 fully saturated rings. The second kappa shape index (κ2) is 13.0. The Bertz CT molecular complexity index is 502. The van der Waals surface area contributed by atoms with Gasteiger partial charge in [0.15, 0.2) is 0 Å². The van der Waals surface area contributed by atoms with Crippen LogP contribution < -0.4 is 10.6 Å². The lowest BCUT2D eigenvalue weighted by Crippen LogP contribution is -2.50. The molecule has 0 aliphatic carbocycles. The van der Waals surface area contributed by atoms with Crippen LogP contribution in [0.25, 0.3) is 0 Å². The highest BCUT2D eigenvalue weighted by Crippen LogP contribution is 2.11. The lowest BCUT2D eigenvalue weighted by atomic mass is 10.1. The first kappa shape index (κ1) is 24.7. The molecule has 2 aliphatic rings. The molecular formula is C20H37ClN4O3. The van der Waals surface area contributed by atoms with Crippen LogP contribution in [-0.2, 0) is 14.4 Å². The van der Waals surface area contributed by atoms with E-state index in [1.807, 2.05) is 9.80 Å². The third kappa shape index (κ3) is 8.35. The SMILES string of the molecule is CC(C)CC(=O)N1CCN(C(=O)CCCCCNC(=O)C2CCCN2)CC1.Cl. The van der Waals surface area contributed by atoms with Gasteiger partial charge in [-0.25, -0.2) is 0 Å². The summed E-state index contributed by atoms with van der Waals surface area (Å²) >= 11 is 0. The molecule has 0 saturated carbocycles. The minimum atomic E-state index is -0.0161. The molecule has 3 amide bonds. The van der Waals surface area contributed by atoms with Crippen molar-refractivity contribution in [3.63, 3.8) is 0 Å². The Kier molecular flexibility index (Phi) is 11.5. The Morgan fingerprint density at radius 1 is 1.00 bits per heavy atom. The van der Waals surface area contributed by atoms with Gasteiger partial charge in [-0.15, -0.1) is 12.4 Å². The van der Waals surface area contributed by atoms with Gasteiger partial charge in [0.2, 0.25) is 17.7 Å². The fourth-order valence-electron chi connectivity index (χ4n) is 3.66. The fourth-order valence-corrected chi connectivity index (χ4v) is 3.66. The molecule has 1 atom stereocenters. The topological polar surface area (TPSA) is 81.8 Å². The third-order valence-corrected chi connectivity index (χ3v) is 5.31. The van der Waals surface area contributed by atoms with Crippen LogP contribution in [0.5, 0.6) is 0 Å². The second-order valence-corrected chi connectivity index (χ2v) is 8.11. The van der Waals surface area contributed by atoms with Gasteiger partial charge in [-0.3, -0.25) is 14.4 Å². The van der Waals surface area contributed by atoms with Gasteiger partial charge in [0, 0.05) is 45.6 Å². The summed E-state index contributed by atoms with van der Waals surface area (Å²) in [6.45, 7) is 8.31. The Labute approximate surface area is 175 Å². The highest BCUT2D eigenvalue weighted by molar-refractivity contribution is 5.85. The van der Waals surface area contributed by atoms with Crippen molar-refractivity contribution in [1.82, 2.24) is 20.4 Å². The van der Waals surface area contributed by atoms with Gasteiger partial charge in [0.05, 0.1) is 6.04 Å². The summed E-state index contributed by atoms with van der Waals surface area (Å²) in [6.07, 6.45) is 5.83. The molecule has 0 aromatic carbocycles. The van der Waals surface area contributed by atoms with E-state index in [0.717, 1.165) is 38.6 Å². The molecule has 7 nitrogen and oxygen atoms in total. The van der Waals surface area contributed by atoms with Crippen LogP contribution in [0.4, 0.5) is 0 Å². The molecule has 2 rings (SSSR count). The van der Waals surface area contributed by atoms with Crippen molar-refractivity contribution in [1.29, 1.82) is 0 Å². The van der Waals surface area contributed by atoms with Crippen molar-refractivity contribution >= 4 is 30.1 Å². The van der Waals surface area contributed by atoms with Crippen molar-refractivity contribution in [2.45, 2.75) is 64.8 Å². The number of piperazine rings is 1. The number of nitrogens with zero attached hydrogens (tertiary/aromatic N) is 2. The van der Waals surface area contributed by atoms with E-state index in [1.165, 1.54) is 0 Å². The zero-order valence-electron chi connectivity index (χ0n) is 17.4. The molecule has 0 spiro atoms. The van der Waals surface area contributed by atoms with E-state index >= 15 is 0 Å². The number of carbonyl (C=O) groups excluding carboxylic acids is 3. The van der Waals surface area contributed by atoms with Crippen LogP contribution in [-0.4, -0.2) is 72.8 Å². The van der Waals surface area contributed by atoms with Crippen LogP contribution in [0.2, 0.25) is 0 Å².